The maximum absolute atomic E-state index is 13.3. The Balaban J connectivity index is 1.32. The summed E-state index contributed by atoms with van der Waals surface area (Å²) >= 11 is 6.32. The summed E-state index contributed by atoms with van der Waals surface area (Å²) in [5.41, 5.74) is 2.08. The third-order valence-electron chi connectivity index (χ3n) is 6.75. The molecular formula is C26H27ClN4O3. The standard InChI is InChI=1S/C26H27ClN4O3/c27-21-8-2-4-10-23(21)28-13-15-30(16-14-28)26(34)25(33)20-17-31(22-9-3-1-7-19(20)22)18-24(32)29-11-5-6-12-29/h1-4,7-10,17H,5-6,11-16,18H2. The Morgan fingerprint density at radius 1 is 0.794 bits per heavy atom. The largest absolute Gasteiger partial charge is 0.367 e. The van der Waals surface area contributed by atoms with Gasteiger partial charge in [-0.2, -0.15) is 0 Å². The second-order valence-corrected chi connectivity index (χ2v) is 9.24. The van der Waals surface area contributed by atoms with E-state index < -0.39 is 11.7 Å². The summed E-state index contributed by atoms with van der Waals surface area (Å²) in [7, 11) is 0. The lowest BCUT2D eigenvalue weighted by Crippen LogP contribution is -2.50. The number of carbonyl (C=O) groups is 3. The molecule has 3 heterocycles. The van der Waals surface area contributed by atoms with E-state index in [1.807, 2.05) is 53.4 Å². The van der Waals surface area contributed by atoms with Gasteiger partial charge in [-0.05, 0) is 31.0 Å². The summed E-state index contributed by atoms with van der Waals surface area (Å²) in [6, 6.07) is 15.1. The Bertz CT molecular complexity index is 1240. The lowest BCUT2D eigenvalue weighted by atomic mass is 10.1. The molecule has 2 aliphatic heterocycles. The second-order valence-electron chi connectivity index (χ2n) is 8.84. The van der Waals surface area contributed by atoms with Crippen LogP contribution in [-0.4, -0.2) is 71.2 Å². The van der Waals surface area contributed by atoms with Crippen LogP contribution in [0.25, 0.3) is 10.9 Å². The molecule has 2 fully saturated rings. The Kier molecular flexibility index (Phi) is 6.28. The molecule has 176 valence electrons. The predicted molar refractivity (Wildman–Crippen MR) is 132 cm³/mol. The van der Waals surface area contributed by atoms with Crippen molar-refractivity contribution in [3.05, 3.63) is 65.3 Å². The SMILES string of the molecule is O=C(C(=O)N1CCN(c2ccccc2Cl)CC1)c1cn(CC(=O)N2CCCC2)c2ccccc12. The third-order valence-corrected chi connectivity index (χ3v) is 7.07. The Hall–Kier alpha value is -3.32. The van der Waals surface area contributed by atoms with Crippen molar-refractivity contribution in [2.45, 2.75) is 19.4 Å². The summed E-state index contributed by atoms with van der Waals surface area (Å²) in [6.45, 7) is 3.83. The maximum atomic E-state index is 13.3. The first kappa shape index (κ1) is 22.5. The Labute approximate surface area is 203 Å². The molecule has 0 N–H and O–H groups in total. The topological polar surface area (TPSA) is 65.9 Å². The van der Waals surface area contributed by atoms with Gasteiger partial charge in [0.25, 0.3) is 11.7 Å². The van der Waals surface area contributed by atoms with Crippen molar-refractivity contribution in [1.29, 1.82) is 0 Å². The molecule has 2 saturated heterocycles. The molecule has 2 aliphatic rings. The molecule has 0 saturated carbocycles. The van der Waals surface area contributed by atoms with E-state index in [0.29, 0.717) is 42.2 Å². The van der Waals surface area contributed by atoms with Crippen LogP contribution in [-0.2, 0) is 16.1 Å². The zero-order valence-corrected chi connectivity index (χ0v) is 19.7. The van der Waals surface area contributed by atoms with Gasteiger partial charge in [0.1, 0.15) is 6.54 Å². The van der Waals surface area contributed by atoms with E-state index in [1.165, 1.54) is 0 Å². The minimum atomic E-state index is -0.533. The lowest BCUT2D eigenvalue weighted by molar-refractivity contribution is -0.130. The second kappa shape index (κ2) is 9.50. The molecule has 0 bridgehead atoms. The first-order chi connectivity index (χ1) is 16.5. The quantitative estimate of drug-likeness (QED) is 0.416. The van der Waals surface area contributed by atoms with E-state index in [9.17, 15) is 14.4 Å². The molecule has 5 rings (SSSR count). The normalized spacial score (nSPS) is 16.3. The molecule has 1 aromatic heterocycles. The van der Waals surface area contributed by atoms with E-state index in [4.69, 9.17) is 11.6 Å². The number of fused-ring (bicyclic) bond motifs is 1. The number of ketones is 1. The summed E-state index contributed by atoms with van der Waals surface area (Å²) < 4.78 is 1.80. The highest BCUT2D eigenvalue weighted by Gasteiger charge is 2.30. The first-order valence-corrected chi connectivity index (χ1v) is 12.1. The molecular weight excluding hydrogens is 452 g/mol. The van der Waals surface area contributed by atoms with Crippen LogP contribution in [0.2, 0.25) is 5.02 Å². The Morgan fingerprint density at radius 2 is 1.47 bits per heavy atom. The predicted octanol–water partition coefficient (Wildman–Crippen LogP) is 3.45. The summed E-state index contributed by atoms with van der Waals surface area (Å²) in [5, 5.41) is 1.37. The number of rotatable bonds is 5. The van der Waals surface area contributed by atoms with Crippen molar-refractivity contribution in [3.8, 4) is 0 Å². The fraction of sp³-hybridized carbons (Fsp3) is 0.346. The number of hydrogen-bond donors (Lipinski definition) is 0. The third kappa shape index (κ3) is 4.28. The van der Waals surface area contributed by atoms with Crippen molar-refractivity contribution < 1.29 is 14.4 Å². The zero-order valence-electron chi connectivity index (χ0n) is 19.0. The van der Waals surface area contributed by atoms with Crippen LogP contribution in [0.1, 0.15) is 23.2 Å². The summed E-state index contributed by atoms with van der Waals surface area (Å²) in [6.07, 6.45) is 3.72. The van der Waals surface area contributed by atoms with Crippen molar-refractivity contribution in [3.63, 3.8) is 0 Å². The number of aromatic nitrogens is 1. The Morgan fingerprint density at radius 3 is 2.21 bits per heavy atom. The van der Waals surface area contributed by atoms with Gasteiger partial charge in [-0.1, -0.05) is 41.9 Å². The van der Waals surface area contributed by atoms with E-state index in [-0.39, 0.29) is 12.5 Å². The van der Waals surface area contributed by atoms with E-state index >= 15 is 0 Å². The number of benzene rings is 2. The van der Waals surface area contributed by atoms with Crippen LogP contribution in [0.15, 0.2) is 54.7 Å². The summed E-state index contributed by atoms with van der Waals surface area (Å²) in [4.78, 5) is 44.7. The molecule has 8 heteroatoms. The highest BCUT2D eigenvalue weighted by molar-refractivity contribution is 6.45. The van der Waals surface area contributed by atoms with Gasteiger partial charge in [-0.3, -0.25) is 14.4 Å². The van der Waals surface area contributed by atoms with Gasteiger partial charge in [0.2, 0.25) is 5.91 Å². The molecule has 0 spiro atoms. The lowest BCUT2D eigenvalue weighted by Gasteiger charge is -2.36. The van der Waals surface area contributed by atoms with Gasteiger partial charge < -0.3 is 19.3 Å². The number of nitrogens with zero attached hydrogens (tertiary/aromatic N) is 4. The van der Waals surface area contributed by atoms with Crippen LogP contribution in [0.4, 0.5) is 5.69 Å². The molecule has 0 aliphatic carbocycles. The van der Waals surface area contributed by atoms with Gasteiger partial charge in [-0.15, -0.1) is 0 Å². The minimum Gasteiger partial charge on any atom is -0.367 e. The molecule has 0 unspecified atom stereocenters. The van der Waals surface area contributed by atoms with Gasteiger partial charge in [0, 0.05) is 56.4 Å². The molecule has 3 aromatic rings. The van der Waals surface area contributed by atoms with Gasteiger partial charge in [-0.25, -0.2) is 0 Å². The van der Waals surface area contributed by atoms with Crippen LogP contribution >= 0.6 is 11.6 Å². The molecule has 0 radical (unpaired) electrons. The van der Waals surface area contributed by atoms with Crippen LogP contribution in [0.3, 0.4) is 0 Å². The molecule has 2 aromatic carbocycles. The van der Waals surface area contributed by atoms with E-state index in [2.05, 4.69) is 4.90 Å². The van der Waals surface area contributed by atoms with Gasteiger partial charge in [0.05, 0.1) is 16.3 Å². The number of hydrogen-bond acceptors (Lipinski definition) is 4. The van der Waals surface area contributed by atoms with Crippen molar-refractivity contribution in [1.82, 2.24) is 14.4 Å². The molecule has 7 nitrogen and oxygen atoms in total. The van der Waals surface area contributed by atoms with Crippen LogP contribution in [0, 0.1) is 0 Å². The molecule has 2 amide bonds. The average Bonchev–Trinajstić information content (AvgIpc) is 3.53. The van der Waals surface area contributed by atoms with Crippen molar-refractivity contribution >= 4 is 45.8 Å². The van der Waals surface area contributed by atoms with Gasteiger partial charge >= 0.3 is 0 Å². The zero-order chi connectivity index (χ0) is 23.7. The fourth-order valence-electron chi connectivity index (χ4n) is 4.89. The highest BCUT2D eigenvalue weighted by atomic mass is 35.5. The maximum Gasteiger partial charge on any atom is 0.295 e. The van der Waals surface area contributed by atoms with Crippen LogP contribution in [0.5, 0.6) is 0 Å². The average molecular weight is 479 g/mol. The number of anilines is 1. The smallest absolute Gasteiger partial charge is 0.295 e. The van der Waals surface area contributed by atoms with E-state index in [0.717, 1.165) is 37.1 Å². The number of Topliss-reactive ketones (excluding diaryl/α,β-unsaturated/α-hetero) is 1. The number of para-hydroxylation sites is 2. The minimum absolute atomic E-state index is 0.0410. The van der Waals surface area contributed by atoms with Crippen molar-refractivity contribution in [2.24, 2.45) is 0 Å². The first-order valence-electron chi connectivity index (χ1n) is 11.7. The van der Waals surface area contributed by atoms with Crippen molar-refractivity contribution in [2.75, 3.05) is 44.2 Å². The number of likely N-dealkylation sites (tertiary alicyclic amines) is 1. The van der Waals surface area contributed by atoms with E-state index in [1.54, 1.807) is 15.7 Å². The molecule has 0 atom stereocenters. The molecule has 34 heavy (non-hydrogen) atoms. The number of halogens is 1. The number of piperazine rings is 1. The highest BCUT2D eigenvalue weighted by Crippen LogP contribution is 2.27. The monoisotopic (exact) mass is 478 g/mol. The summed E-state index contributed by atoms with van der Waals surface area (Å²) in [5.74, 6) is -0.999. The number of carbonyl (C=O) groups excluding carboxylic acids is 3. The fourth-order valence-corrected chi connectivity index (χ4v) is 5.14. The van der Waals surface area contributed by atoms with Gasteiger partial charge in [0.15, 0.2) is 0 Å². The van der Waals surface area contributed by atoms with Crippen LogP contribution < -0.4 is 4.90 Å². The number of amides is 2.